The van der Waals surface area contributed by atoms with Crippen LogP contribution < -0.4 is 5.32 Å². The third kappa shape index (κ3) is 4.94. The quantitative estimate of drug-likeness (QED) is 0.623. The lowest BCUT2D eigenvalue weighted by Gasteiger charge is -2.23. The average Bonchev–Trinajstić information content (AvgIpc) is 3.18. The van der Waals surface area contributed by atoms with Gasteiger partial charge < -0.3 is 15.3 Å². The molecule has 0 heterocycles. The summed E-state index contributed by atoms with van der Waals surface area (Å²) in [5, 5.41) is 12.4. The molecule has 104 valence electrons. The van der Waals surface area contributed by atoms with Gasteiger partial charge in [0.25, 0.3) is 0 Å². The molecule has 0 radical (unpaired) electrons. The number of nitrogens with zero attached hydrogens (tertiary/aromatic N) is 1. The van der Waals surface area contributed by atoms with Crippen molar-refractivity contribution in [3.05, 3.63) is 0 Å². The van der Waals surface area contributed by atoms with Crippen molar-refractivity contribution < 1.29 is 9.90 Å². The van der Waals surface area contributed by atoms with Gasteiger partial charge in [-0.2, -0.15) is 0 Å². The molecule has 2 aliphatic carbocycles. The van der Waals surface area contributed by atoms with E-state index in [1.165, 1.54) is 19.4 Å². The lowest BCUT2D eigenvalue weighted by Crippen LogP contribution is -2.41. The summed E-state index contributed by atoms with van der Waals surface area (Å²) in [6.07, 6.45) is 6.90. The minimum Gasteiger partial charge on any atom is -0.480 e. The largest absolute Gasteiger partial charge is 0.480 e. The van der Waals surface area contributed by atoms with Gasteiger partial charge in [0.1, 0.15) is 6.04 Å². The zero-order valence-corrected chi connectivity index (χ0v) is 11.4. The number of hydrogen-bond acceptors (Lipinski definition) is 3. The number of rotatable bonds is 10. The van der Waals surface area contributed by atoms with E-state index in [4.69, 9.17) is 0 Å². The highest BCUT2D eigenvalue weighted by Gasteiger charge is 2.29. The number of carboxylic acid groups (broad SMARTS) is 1. The predicted molar refractivity (Wildman–Crippen MR) is 71.7 cm³/mol. The SMILES string of the molecule is CCCN(CCC(NC1CC1)C(=O)O)CC1CC1. The zero-order chi connectivity index (χ0) is 13.0. The van der Waals surface area contributed by atoms with Gasteiger partial charge in [-0.3, -0.25) is 4.79 Å². The van der Waals surface area contributed by atoms with Crippen LogP contribution in [-0.4, -0.2) is 47.7 Å². The minimum absolute atomic E-state index is 0.351. The van der Waals surface area contributed by atoms with Crippen LogP contribution in [0.2, 0.25) is 0 Å². The summed E-state index contributed by atoms with van der Waals surface area (Å²) >= 11 is 0. The van der Waals surface area contributed by atoms with Crippen LogP contribution in [0.5, 0.6) is 0 Å². The van der Waals surface area contributed by atoms with Crippen molar-refractivity contribution >= 4 is 5.97 Å². The van der Waals surface area contributed by atoms with Gasteiger partial charge in [-0.05, 0) is 51.0 Å². The summed E-state index contributed by atoms with van der Waals surface area (Å²) in [4.78, 5) is 13.6. The smallest absolute Gasteiger partial charge is 0.320 e. The van der Waals surface area contributed by atoms with Gasteiger partial charge in [0.2, 0.25) is 0 Å². The van der Waals surface area contributed by atoms with E-state index < -0.39 is 5.97 Å². The molecule has 18 heavy (non-hydrogen) atoms. The van der Waals surface area contributed by atoms with E-state index in [0.29, 0.717) is 6.04 Å². The van der Waals surface area contributed by atoms with Crippen molar-refractivity contribution in [1.29, 1.82) is 0 Å². The van der Waals surface area contributed by atoms with Crippen LogP contribution in [0.25, 0.3) is 0 Å². The van der Waals surface area contributed by atoms with Crippen molar-refractivity contribution in [1.82, 2.24) is 10.2 Å². The molecule has 4 nitrogen and oxygen atoms in total. The standard InChI is InChI=1S/C14H26N2O2/c1-2-8-16(10-11-3-4-11)9-7-13(14(17)18)15-12-5-6-12/h11-13,15H,2-10H2,1H3,(H,17,18). The molecule has 2 fully saturated rings. The Kier molecular flexibility index (Phi) is 5.01. The highest BCUT2D eigenvalue weighted by molar-refractivity contribution is 5.73. The number of carbonyl (C=O) groups is 1. The van der Waals surface area contributed by atoms with E-state index in [2.05, 4.69) is 17.1 Å². The van der Waals surface area contributed by atoms with Crippen molar-refractivity contribution in [3.63, 3.8) is 0 Å². The fourth-order valence-electron chi connectivity index (χ4n) is 2.40. The second-order valence-electron chi connectivity index (χ2n) is 5.86. The molecule has 0 aromatic carbocycles. The van der Waals surface area contributed by atoms with Gasteiger partial charge in [-0.15, -0.1) is 0 Å². The first-order chi connectivity index (χ1) is 8.69. The molecule has 2 saturated carbocycles. The van der Waals surface area contributed by atoms with Crippen LogP contribution in [0.3, 0.4) is 0 Å². The molecule has 1 unspecified atom stereocenters. The van der Waals surface area contributed by atoms with Crippen LogP contribution >= 0.6 is 0 Å². The summed E-state index contributed by atoms with van der Waals surface area (Å²) in [5.41, 5.74) is 0. The van der Waals surface area contributed by atoms with Gasteiger partial charge in [0.15, 0.2) is 0 Å². The lowest BCUT2D eigenvalue weighted by molar-refractivity contribution is -0.139. The Labute approximate surface area is 110 Å². The first-order valence-corrected chi connectivity index (χ1v) is 7.40. The number of nitrogens with one attached hydrogen (secondary N) is 1. The first-order valence-electron chi connectivity index (χ1n) is 7.40. The van der Waals surface area contributed by atoms with Crippen LogP contribution in [0.1, 0.15) is 45.4 Å². The summed E-state index contributed by atoms with van der Waals surface area (Å²) in [7, 11) is 0. The highest BCUT2D eigenvalue weighted by Crippen LogP contribution is 2.29. The molecular formula is C14H26N2O2. The first kappa shape index (κ1) is 13.8. The molecule has 0 aromatic rings. The Hall–Kier alpha value is -0.610. The van der Waals surface area contributed by atoms with Gasteiger partial charge in [-0.25, -0.2) is 0 Å². The molecule has 2 N–H and O–H groups in total. The highest BCUT2D eigenvalue weighted by atomic mass is 16.4. The van der Waals surface area contributed by atoms with Crippen molar-refractivity contribution in [2.24, 2.45) is 5.92 Å². The maximum atomic E-state index is 11.2. The second-order valence-corrected chi connectivity index (χ2v) is 5.86. The molecule has 0 bridgehead atoms. The molecule has 2 rings (SSSR count). The Morgan fingerprint density at radius 2 is 2.06 bits per heavy atom. The molecule has 0 aliphatic heterocycles. The summed E-state index contributed by atoms with van der Waals surface area (Å²) < 4.78 is 0. The number of carboxylic acids is 1. The normalized spacial score (nSPS) is 21.2. The molecular weight excluding hydrogens is 228 g/mol. The average molecular weight is 254 g/mol. The third-order valence-electron chi connectivity index (χ3n) is 3.80. The monoisotopic (exact) mass is 254 g/mol. The van der Waals surface area contributed by atoms with Gasteiger partial charge in [0.05, 0.1) is 0 Å². The Balaban J connectivity index is 1.71. The summed E-state index contributed by atoms with van der Waals surface area (Å²) in [5.74, 6) is 0.195. The lowest BCUT2D eigenvalue weighted by atomic mass is 10.2. The molecule has 0 aromatic heterocycles. The van der Waals surface area contributed by atoms with Crippen LogP contribution in [-0.2, 0) is 4.79 Å². The van der Waals surface area contributed by atoms with Crippen LogP contribution in [0, 0.1) is 5.92 Å². The van der Waals surface area contributed by atoms with E-state index in [0.717, 1.165) is 44.7 Å². The topological polar surface area (TPSA) is 52.6 Å². The molecule has 4 heteroatoms. The van der Waals surface area contributed by atoms with Gasteiger partial charge in [-0.1, -0.05) is 6.92 Å². The molecule has 2 aliphatic rings. The molecule has 1 atom stereocenters. The number of aliphatic carboxylic acids is 1. The Bertz CT molecular complexity index is 275. The maximum absolute atomic E-state index is 11.2. The molecule has 0 saturated heterocycles. The molecule has 0 amide bonds. The number of hydrogen-bond donors (Lipinski definition) is 2. The van der Waals surface area contributed by atoms with E-state index >= 15 is 0 Å². The van der Waals surface area contributed by atoms with Gasteiger partial charge in [0, 0.05) is 19.1 Å². The fraction of sp³-hybridized carbons (Fsp3) is 0.929. The van der Waals surface area contributed by atoms with Gasteiger partial charge >= 0.3 is 5.97 Å². The molecule has 0 spiro atoms. The van der Waals surface area contributed by atoms with Crippen LogP contribution in [0.15, 0.2) is 0 Å². The van der Waals surface area contributed by atoms with E-state index in [-0.39, 0.29) is 6.04 Å². The van der Waals surface area contributed by atoms with Crippen molar-refractivity contribution in [2.75, 3.05) is 19.6 Å². The Morgan fingerprint density at radius 1 is 1.33 bits per heavy atom. The summed E-state index contributed by atoms with van der Waals surface area (Å²) in [6, 6.07) is 0.116. The van der Waals surface area contributed by atoms with Crippen molar-refractivity contribution in [3.8, 4) is 0 Å². The van der Waals surface area contributed by atoms with E-state index in [9.17, 15) is 9.90 Å². The fourth-order valence-corrected chi connectivity index (χ4v) is 2.40. The summed E-state index contributed by atoms with van der Waals surface area (Å²) in [6.45, 7) is 5.38. The van der Waals surface area contributed by atoms with E-state index in [1.807, 2.05) is 0 Å². The predicted octanol–water partition coefficient (Wildman–Crippen LogP) is 1.70. The van der Waals surface area contributed by atoms with Crippen molar-refractivity contribution in [2.45, 2.75) is 57.5 Å². The van der Waals surface area contributed by atoms with Crippen LogP contribution in [0.4, 0.5) is 0 Å². The zero-order valence-electron chi connectivity index (χ0n) is 11.4. The Morgan fingerprint density at radius 3 is 2.56 bits per heavy atom. The minimum atomic E-state index is -0.690. The second kappa shape index (κ2) is 6.53. The maximum Gasteiger partial charge on any atom is 0.320 e. The third-order valence-corrected chi connectivity index (χ3v) is 3.80. The van der Waals surface area contributed by atoms with E-state index in [1.54, 1.807) is 0 Å².